The third-order valence-corrected chi connectivity index (χ3v) is 3.74. The molecule has 2 rings (SSSR count). The lowest BCUT2D eigenvalue weighted by molar-refractivity contribution is -0.153. The first-order chi connectivity index (χ1) is 13.2. The number of ether oxygens (including phenoxy) is 2. The quantitative estimate of drug-likeness (QED) is 0.583. The summed E-state index contributed by atoms with van der Waals surface area (Å²) in [6, 6.07) is 16.9. The summed E-state index contributed by atoms with van der Waals surface area (Å²) in [6.07, 6.45) is 1.88. The van der Waals surface area contributed by atoms with Gasteiger partial charge in [0.2, 0.25) is 6.10 Å². The molecule has 5 nitrogen and oxygen atoms in total. The van der Waals surface area contributed by atoms with E-state index in [2.05, 4.69) is 5.32 Å². The Balaban J connectivity index is 2.06. The fraction of sp³-hybridized carbons (Fsp3) is 0.304. The predicted molar refractivity (Wildman–Crippen MR) is 110 cm³/mol. The van der Waals surface area contributed by atoms with Gasteiger partial charge in [0, 0.05) is 11.6 Å². The minimum atomic E-state index is -1.06. The number of hydrogen-bond acceptors (Lipinski definition) is 4. The molecule has 0 aliphatic rings. The average Bonchev–Trinajstić information content (AvgIpc) is 2.64. The molecular weight excluding hydrogens is 354 g/mol. The van der Waals surface area contributed by atoms with Gasteiger partial charge in [-0.3, -0.25) is 4.79 Å². The smallest absolute Gasteiger partial charge is 0.331 e. The second-order valence-corrected chi connectivity index (χ2v) is 7.49. The molecule has 0 aliphatic carbocycles. The normalized spacial score (nSPS) is 12.4. The van der Waals surface area contributed by atoms with Crippen LogP contribution in [0.15, 0.2) is 60.7 Å². The van der Waals surface area contributed by atoms with Crippen LogP contribution in [0.1, 0.15) is 31.9 Å². The third-order valence-electron chi connectivity index (χ3n) is 3.74. The Kier molecular flexibility index (Phi) is 7.38. The van der Waals surface area contributed by atoms with Crippen molar-refractivity contribution in [3.63, 3.8) is 0 Å². The molecule has 0 bridgehead atoms. The number of benzene rings is 2. The minimum Gasteiger partial charge on any atom is -0.489 e. The van der Waals surface area contributed by atoms with Gasteiger partial charge in [0.25, 0.3) is 5.91 Å². The number of carbonyl (C=O) groups excluding carboxylic acids is 2. The van der Waals surface area contributed by atoms with Crippen molar-refractivity contribution >= 4 is 18.0 Å². The number of hydrogen-bond donors (Lipinski definition) is 1. The van der Waals surface area contributed by atoms with Gasteiger partial charge in [0.05, 0.1) is 0 Å². The molecule has 1 unspecified atom stereocenters. The van der Waals surface area contributed by atoms with Gasteiger partial charge in [0.1, 0.15) is 12.4 Å². The summed E-state index contributed by atoms with van der Waals surface area (Å²) in [5.74, 6) is -0.360. The van der Waals surface area contributed by atoms with E-state index < -0.39 is 23.5 Å². The van der Waals surface area contributed by atoms with Crippen molar-refractivity contribution in [2.75, 3.05) is 6.61 Å². The molecule has 0 fully saturated rings. The largest absolute Gasteiger partial charge is 0.489 e. The SMILES string of the molecule is Cc1ccccc1OCC(OC(=O)/C=C/c1ccccc1)C(=O)NC(C)(C)C. The number of amides is 1. The lowest BCUT2D eigenvalue weighted by atomic mass is 10.1. The van der Waals surface area contributed by atoms with Gasteiger partial charge in [0.15, 0.2) is 0 Å². The summed E-state index contributed by atoms with van der Waals surface area (Å²) >= 11 is 0. The van der Waals surface area contributed by atoms with E-state index in [1.165, 1.54) is 6.08 Å². The van der Waals surface area contributed by atoms with Gasteiger partial charge >= 0.3 is 5.97 Å². The summed E-state index contributed by atoms with van der Waals surface area (Å²) in [5.41, 5.74) is 1.35. The summed E-state index contributed by atoms with van der Waals surface area (Å²) in [6.45, 7) is 7.43. The summed E-state index contributed by atoms with van der Waals surface area (Å²) in [5, 5.41) is 2.83. The van der Waals surface area contributed by atoms with Crippen LogP contribution in [-0.4, -0.2) is 30.1 Å². The van der Waals surface area contributed by atoms with E-state index in [9.17, 15) is 9.59 Å². The number of rotatable bonds is 7. The highest BCUT2D eigenvalue weighted by molar-refractivity contribution is 5.90. The highest BCUT2D eigenvalue weighted by atomic mass is 16.6. The Hall–Kier alpha value is -3.08. The maximum atomic E-state index is 12.6. The molecule has 1 atom stereocenters. The maximum absolute atomic E-state index is 12.6. The molecular formula is C23H27NO4. The van der Waals surface area contributed by atoms with Crippen molar-refractivity contribution in [2.24, 2.45) is 0 Å². The molecule has 2 aromatic carbocycles. The maximum Gasteiger partial charge on any atom is 0.331 e. The number of para-hydroxylation sites is 1. The van der Waals surface area contributed by atoms with Gasteiger partial charge in [-0.2, -0.15) is 0 Å². The van der Waals surface area contributed by atoms with Crippen LogP contribution in [0.3, 0.4) is 0 Å². The highest BCUT2D eigenvalue weighted by Gasteiger charge is 2.26. The first kappa shape index (κ1) is 21.2. The first-order valence-electron chi connectivity index (χ1n) is 9.19. The third kappa shape index (κ3) is 7.27. The lowest BCUT2D eigenvalue weighted by Crippen LogP contribution is -2.49. The molecule has 1 N–H and O–H groups in total. The minimum absolute atomic E-state index is 0.0717. The van der Waals surface area contributed by atoms with Crippen LogP contribution in [0.4, 0.5) is 0 Å². The van der Waals surface area contributed by atoms with E-state index in [0.29, 0.717) is 5.75 Å². The Bertz CT molecular complexity index is 822. The average molecular weight is 381 g/mol. The Labute approximate surface area is 166 Å². The van der Waals surface area contributed by atoms with Crippen LogP contribution in [-0.2, 0) is 14.3 Å². The van der Waals surface area contributed by atoms with Crippen LogP contribution >= 0.6 is 0 Å². The van der Waals surface area contributed by atoms with Crippen LogP contribution in [0.2, 0.25) is 0 Å². The monoisotopic (exact) mass is 381 g/mol. The van der Waals surface area contributed by atoms with Crippen LogP contribution in [0.5, 0.6) is 5.75 Å². The van der Waals surface area contributed by atoms with Gasteiger partial charge in [-0.1, -0.05) is 48.5 Å². The fourth-order valence-electron chi connectivity index (χ4n) is 2.41. The van der Waals surface area contributed by atoms with Gasteiger partial charge in [-0.05, 0) is 51.0 Å². The van der Waals surface area contributed by atoms with Crippen molar-refractivity contribution in [1.29, 1.82) is 0 Å². The second-order valence-electron chi connectivity index (χ2n) is 7.49. The van der Waals surface area contributed by atoms with Crippen molar-refractivity contribution < 1.29 is 19.1 Å². The molecule has 0 aliphatic heterocycles. The first-order valence-corrected chi connectivity index (χ1v) is 9.19. The number of esters is 1. The topological polar surface area (TPSA) is 64.6 Å². The van der Waals surface area contributed by atoms with E-state index >= 15 is 0 Å². The van der Waals surface area contributed by atoms with Crippen molar-refractivity contribution in [3.8, 4) is 5.75 Å². The summed E-state index contributed by atoms with van der Waals surface area (Å²) in [4.78, 5) is 24.8. The Morgan fingerprint density at radius 3 is 2.32 bits per heavy atom. The molecule has 5 heteroatoms. The molecule has 1 amide bonds. The number of nitrogens with one attached hydrogen (secondary N) is 1. The van der Waals surface area contributed by atoms with Crippen LogP contribution in [0.25, 0.3) is 6.08 Å². The summed E-state index contributed by atoms with van der Waals surface area (Å²) in [7, 11) is 0. The molecule has 148 valence electrons. The number of carbonyl (C=O) groups is 2. The van der Waals surface area contributed by atoms with E-state index in [4.69, 9.17) is 9.47 Å². The van der Waals surface area contributed by atoms with Gasteiger partial charge < -0.3 is 14.8 Å². The number of aryl methyl sites for hydroxylation is 1. The second kappa shape index (κ2) is 9.74. The standard InChI is InChI=1S/C23H27NO4/c1-17-10-8-9-13-19(17)27-16-20(22(26)24-23(2,3)4)28-21(25)15-14-18-11-6-5-7-12-18/h5-15,20H,16H2,1-4H3,(H,24,26)/b15-14+. The zero-order chi connectivity index (χ0) is 20.6. The molecule has 28 heavy (non-hydrogen) atoms. The van der Waals surface area contributed by atoms with E-state index in [0.717, 1.165) is 11.1 Å². The van der Waals surface area contributed by atoms with Crippen LogP contribution in [0, 0.1) is 6.92 Å². The molecule has 0 spiro atoms. The Morgan fingerprint density at radius 1 is 1.04 bits per heavy atom. The summed E-state index contributed by atoms with van der Waals surface area (Å²) < 4.78 is 11.1. The molecule has 0 heterocycles. The van der Waals surface area contributed by atoms with Crippen molar-refractivity contribution in [1.82, 2.24) is 5.32 Å². The van der Waals surface area contributed by atoms with Gasteiger partial charge in [-0.15, -0.1) is 0 Å². The molecule has 0 saturated carbocycles. The zero-order valence-electron chi connectivity index (χ0n) is 16.8. The predicted octanol–water partition coefficient (Wildman–Crippen LogP) is 3.91. The fourth-order valence-corrected chi connectivity index (χ4v) is 2.41. The zero-order valence-corrected chi connectivity index (χ0v) is 16.8. The molecule has 2 aromatic rings. The Morgan fingerprint density at radius 2 is 1.68 bits per heavy atom. The van der Waals surface area contributed by atoms with E-state index in [1.807, 2.05) is 82.3 Å². The van der Waals surface area contributed by atoms with E-state index in [-0.39, 0.29) is 6.61 Å². The molecule has 0 saturated heterocycles. The lowest BCUT2D eigenvalue weighted by Gasteiger charge is -2.25. The van der Waals surface area contributed by atoms with Gasteiger partial charge in [-0.25, -0.2) is 4.79 Å². The van der Waals surface area contributed by atoms with E-state index in [1.54, 1.807) is 6.08 Å². The van der Waals surface area contributed by atoms with Crippen LogP contribution < -0.4 is 10.1 Å². The molecule has 0 aromatic heterocycles. The highest BCUT2D eigenvalue weighted by Crippen LogP contribution is 2.17. The molecule has 0 radical (unpaired) electrons. The van der Waals surface area contributed by atoms with Crippen molar-refractivity contribution in [2.45, 2.75) is 39.3 Å². The van der Waals surface area contributed by atoms with Crippen molar-refractivity contribution in [3.05, 3.63) is 71.8 Å².